The third kappa shape index (κ3) is 2.19. The van der Waals surface area contributed by atoms with Crippen LogP contribution in [-0.2, 0) is 14.3 Å². The highest BCUT2D eigenvalue weighted by Gasteiger charge is 2.37. The summed E-state index contributed by atoms with van der Waals surface area (Å²) in [6, 6.07) is -0.784. The average molecular weight is 207 g/mol. The molecule has 1 rings (SSSR count). The van der Waals surface area contributed by atoms with Crippen molar-refractivity contribution >= 4 is 11.9 Å². The van der Waals surface area contributed by atoms with Crippen LogP contribution in [0.25, 0.3) is 0 Å². The van der Waals surface area contributed by atoms with Gasteiger partial charge in [0.1, 0.15) is 12.2 Å². The number of amides is 1. The van der Waals surface area contributed by atoms with Gasteiger partial charge in [-0.1, -0.05) is 0 Å². The summed E-state index contributed by atoms with van der Waals surface area (Å²) in [5, 5.41) is 23.9. The molecule has 1 heterocycles. The minimum absolute atomic E-state index is 0.00574. The lowest BCUT2D eigenvalue weighted by molar-refractivity contribution is -0.150. The van der Waals surface area contributed by atoms with Crippen LogP contribution in [0, 0.1) is 0 Å². The molecule has 1 saturated heterocycles. The first kappa shape index (κ1) is 9.38. The number of carbonyl (C=O) groups excluding carboxylic acids is 1. The fourth-order valence-corrected chi connectivity index (χ4v) is 1.19. The van der Waals surface area contributed by atoms with Gasteiger partial charge in [0, 0.05) is 0 Å². The molecule has 80 valence electrons. The molecule has 1 amide bonds. The Morgan fingerprint density at radius 2 is 2.36 bits per heavy atom. The Labute approximate surface area is 80.8 Å². The van der Waals surface area contributed by atoms with Crippen LogP contribution in [0.5, 0.6) is 0 Å². The van der Waals surface area contributed by atoms with Gasteiger partial charge in [0.15, 0.2) is 0 Å². The molecule has 0 aromatic rings. The monoisotopic (exact) mass is 207 g/mol. The summed E-state index contributed by atoms with van der Waals surface area (Å²) in [5.41, 5.74) is 0. The van der Waals surface area contributed by atoms with Crippen LogP contribution in [0.2, 0.25) is 0 Å². The van der Waals surface area contributed by atoms with Crippen LogP contribution < -0.4 is 5.32 Å². The van der Waals surface area contributed by atoms with Gasteiger partial charge in [0.2, 0.25) is 1.43 Å². The SMILES string of the molecule is [3H]OC[C@H]1OCC(NC(=O)C(=O)O)[C@H]1O. The van der Waals surface area contributed by atoms with Crippen molar-refractivity contribution in [2.75, 3.05) is 13.2 Å². The van der Waals surface area contributed by atoms with Crippen molar-refractivity contribution in [1.82, 2.24) is 5.32 Å². The number of ether oxygens (including phenoxy) is 1. The van der Waals surface area contributed by atoms with Crippen molar-refractivity contribution in [1.29, 1.82) is 1.43 Å². The smallest absolute Gasteiger partial charge is 0.394 e. The molecule has 4 N–H and O–H groups in total. The van der Waals surface area contributed by atoms with Crippen molar-refractivity contribution in [2.45, 2.75) is 18.2 Å². The third-order valence-corrected chi connectivity index (χ3v) is 1.96. The number of carboxylic acids is 1. The maximum absolute atomic E-state index is 10.8. The van der Waals surface area contributed by atoms with Crippen LogP contribution in [0.15, 0.2) is 0 Å². The molecule has 0 radical (unpaired) electrons. The van der Waals surface area contributed by atoms with Gasteiger partial charge in [-0.3, -0.25) is 4.79 Å². The molecule has 0 bridgehead atoms. The largest absolute Gasteiger partial charge is 0.474 e. The van der Waals surface area contributed by atoms with Crippen molar-refractivity contribution in [3.63, 3.8) is 0 Å². The molecule has 1 aliphatic heterocycles. The zero-order valence-electron chi connectivity index (χ0n) is 8.17. The van der Waals surface area contributed by atoms with Crippen molar-refractivity contribution < 1.29 is 29.6 Å². The van der Waals surface area contributed by atoms with E-state index in [9.17, 15) is 14.7 Å². The number of rotatable bonds is 3. The number of nitrogens with one attached hydrogen (secondary N) is 1. The van der Waals surface area contributed by atoms with Crippen LogP contribution in [0.4, 0.5) is 0 Å². The molecule has 1 fully saturated rings. The molecular formula is C7H11NO6. The van der Waals surface area contributed by atoms with Crippen molar-refractivity contribution in [3.8, 4) is 0 Å². The van der Waals surface area contributed by atoms with E-state index >= 15 is 0 Å². The summed E-state index contributed by atoms with van der Waals surface area (Å²) >= 11 is 0. The van der Waals surface area contributed by atoms with Gasteiger partial charge >= 0.3 is 11.9 Å². The maximum Gasteiger partial charge on any atom is 0.394 e. The normalized spacial score (nSPS) is 32.4. The van der Waals surface area contributed by atoms with Gasteiger partial charge in [-0.05, 0) is 0 Å². The standard InChI is InChI=1S/C7H11NO6/c9-1-4-5(10)3(2-14-4)8-6(11)7(12)13/h3-5,9-10H,1-2H2,(H,8,11)(H,12,13)/t3?,4-,5-/m1/s1/i9T. The minimum Gasteiger partial charge on any atom is -0.474 e. The van der Waals surface area contributed by atoms with Gasteiger partial charge in [-0.2, -0.15) is 0 Å². The van der Waals surface area contributed by atoms with E-state index in [1.54, 1.807) is 0 Å². The van der Waals surface area contributed by atoms with E-state index in [4.69, 9.17) is 11.3 Å². The Balaban J connectivity index is 2.45. The Hall–Kier alpha value is -1.18. The van der Waals surface area contributed by atoms with Gasteiger partial charge in [0.25, 0.3) is 0 Å². The number of aliphatic hydroxyl groups excluding tert-OH is 2. The van der Waals surface area contributed by atoms with Gasteiger partial charge in [-0.15, -0.1) is 0 Å². The molecule has 1 unspecified atom stereocenters. The summed E-state index contributed by atoms with van der Waals surface area (Å²) < 4.78 is 11.5. The maximum atomic E-state index is 10.8. The van der Waals surface area contributed by atoms with E-state index in [1.807, 2.05) is 0 Å². The first-order valence-corrected chi connectivity index (χ1v) is 3.97. The Morgan fingerprint density at radius 3 is 2.93 bits per heavy atom. The summed E-state index contributed by atoms with van der Waals surface area (Å²) in [6.07, 6.45) is -1.79. The van der Waals surface area contributed by atoms with E-state index in [0.29, 0.717) is 0 Å². The molecular weight excluding hydrogens is 194 g/mol. The zero-order valence-corrected chi connectivity index (χ0v) is 7.17. The lowest BCUT2D eigenvalue weighted by atomic mass is 10.1. The number of carbonyl (C=O) groups is 2. The highest BCUT2D eigenvalue weighted by Crippen LogP contribution is 2.13. The highest BCUT2D eigenvalue weighted by atomic mass is 16.5. The molecule has 7 nitrogen and oxygen atoms in total. The molecule has 0 aromatic carbocycles. The number of carboxylic acid groups (broad SMARTS) is 1. The van der Waals surface area contributed by atoms with Crippen molar-refractivity contribution in [2.24, 2.45) is 0 Å². The van der Waals surface area contributed by atoms with Crippen molar-refractivity contribution in [3.05, 3.63) is 0 Å². The number of hydrogen-bond donors (Lipinski definition) is 4. The fourth-order valence-electron chi connectivity index (χ4n) is 1.19. The topological polar surface area (TPSA) is 116 Å². The van der Waals surface area contributed by atoms with E-state index in [2.05, 4.69) is 10.4 Å². The third-order valence-electron chi connectivity index (χ3n) is 1.96. The first-order chi connectivity index (χ1) is 7.06. The summed E-state index contributed by atoms with van der Waals surface area (Å²) in [6.45, 7) is -0.144. The van der Waals surface area contributed by atoms with Crippen LogP contribution in [-0.4, -0.2) is 60.1 Å². The second-order valence-corrected chi connectivity index (χ2v) is 2.91. The van der Waals surface area contributed by atoms with Gasteiger partial charge < -0.3 is 25.4 Å². The minimum atomic E-state index is -1.62. The molecule has 0 spiro atoms. The van der Waals surface area contributed by atoms with Crippen LogP contribution in [0.3, 0.4) is 0 Å². The Morgan fingerprint density at radius 1 is 1.64 bits per heavy atom. The lowest BCUT2D eigenvalue weighted by Gasteiger charge is -2.15. The predicted octanol–water partition coefficient (Wildman–Crippen LogP) is -2.69. The fraction of sp³-hybridized carbons (Fsp3) is 0.714. The molecule has 7 heteroatoms. The number of aliphatic hydroxyl groups is 2. The molecule has 0 aromatic heterocycles. The van der Waals surface area contributed by atoms with Gasteiger partial charge in [0.05, 0.1) is 19.3 Å². The zero-order chi connectivity index (χ0) is 11.4. The summed E-state index contributed by atoms with van der Waals surface area (Å²) in [5.74, 6) is -2.82. The molecule has 1 aliphatic rings. The number of aliphatic carboxylic acids is 1. The van der Waals surface area contributed by atoms with E-state index in [1.165, 1.54) is 0 Å². The second kappa shape index (κ2) is 4.36. The summed E-state index contributed by atoms with van der Waals surface area (Å²) in [7, 11) is 0. The number of hydrogen-bond acceptors (Lipinski definition) is 5. The van der Waals surface area contributed by atoms with Crippen LogP contribution in [0.1, 0.15) is 0 Å². The van der Waals surface area contributed by atoms with Gasteiger partial charge in [-0.25, -0.2) is 4.79 Å². The lowest BCUT2D eigenvalue weighted by Crippen LogP contribution is -2.47. The van der Waals surface area contributed by atoms with E-state index in [0.717, 1.165) is 0 Å². The predicted molar refractivity (Wildman–Crippen MR) is 42.4 cm³/mol. The van der Waals surface area contributed by atoms with E-state index < -0.39 is 30.1 Å². The van der Waals surface area contributed by atoms with E-state index in [-0.39, 0.29) is 13.2 Å². The highest BCUT2D eigenvalue weighted by molar-refractivity contribution is 6.31. The Kier molecular flexibility index (Phi) is 2.92. The molecule has 0 saturated carbocycles. The average Bonchev–Trinajstić information content (AvgIpc) is 2.50. The molecule has 3 atom stereocenters. The Bertz CT molecular complexity index is 260. The molecule has 0 aliphatic carbocycles. The quantitative estimate of drug-likeness (QED) is 0.374. The second-order valence-electron chi connectivity index (χ2n) is 2.91. The van der Waals surface area contributed by atoms with Crippen LogP contribution >= 0.6 is 0 Å². The first-order valence-electron chi connectivity index (χ1n) is 4.38. The summed E-state index contributed by atoms with van der Waals surface area (Å²) in [4.78, 5) is 21.0. The molecule has 14 heavy (non-hydrogen) atoms.